The summed E-state index contributed by atoms with van der Waals surface area (Å²) in [4.78, 5) is 34.6. The molecule has 0 saturated heterocycles. The standard InChI is InChI=1S/C18H24N2O8/c1-18(2,3)28-17(24)19-13(16(23)26-4)9-10-27-12-7-5-11(6-8-12)14(20-25)15(21)22/h5-8,13,25H,9-10H2,1-4H3,(H,19,24)(H,21,22). The van der Waals surface area contributed by atoms with Crippen LogP contribution in [0.3, 0.4) is 0 Å². The average Bonchev–Trinajstić information content (AvgIpc) is 2.60. The summed E-state index contributed by atoms with van der Waals surface area (Å²) in [5.41, 5.74) is -1.02. The van der Waals surface area contributed by atoms with Crippen LogP contribution >= 0.6 is 0 Å². The van der Waals surface area contributed by atoms with E-state index in [2.05, 4.69) is 15.2 Å². The smallest absolute Gasteiger partial charge is 0.408 e. The molecule has 1 aromatic rings. The molecule has 0 aliphatic rings. The van der Waals surface area contributed by atoms with Gasteiger partial charge in [-0.1, -0.05) is 5.16 Å². The molecule has 10 nitrogen and oxygen atoms in total. The number of carboxylic acid groups (broad SMARTS) is 1. The molecule has 0 bridgehead atoms. The number of alkyl carbamates (subject to hydrolysis) is 1. The van der Waals surface area contributed by atoms with E-state index < -0.39 is 35.4 Å². The summed E-state index contributed by atoms with van der Waals surface area (Å²) >= 11 is 0. The topological polar surface area (TPSA) is 144 Å². The van der Waals surface area contributed by atoms with Gasteiger partial charge in [0.25, 0.3) is 0 Å². The number of oxime groups is 1. The number of ether oxygens (including phenoxy) is 3. The lowest BCUT2D eigenvalue weighted by atomic mass is 10.1. The SMILES string of the molecule is COC(=O)C(CCOc1ccc(C(=NO)C(=O)O)cc1)NC(=O)OC(C)(C)C. The van der Waals surface area contributed by atoms with Gasteiger partial charge in [0.2, 0.25) is 0 Å². The fraction of sp³-hybridized carbons (Fsp3) is 0.444. The molecular weight excluding hydrogens is 372 g/mol. The van der Waals surface area contributed by atoms with Gasteiger partial charge in [-0.15, -0.1) is 0 Å². The number of carboxylic acids is 1. The van der Waals surface area contributed by atoms with Crippen LogP contribution in [-0.4, -0.2) is 59.4 Å². The first kappa shape index (κ1) is 22.7. The van der Waals surface area contributed by atoms with Crippen LogP contribution in [0.25, 0.3) is 0 Å². The third-order valence-corrected chi connectivity index (χ3v) is 3.28. The van der Waals surface area contributed by atoms with E-state index in [1.54, 1.807) is 20.8 Å². The zero-order chi connectivity index (χ0) is 21.3. The third kappa shape index (κ3) is 7.52. The average molecular weight is 396 g/mol. The van der Waals surface area contributed by atoms with Crippen LogP contribution in [0.5, 0.6) is 5.75 Å². The van der Waals surface area contributed by atoms with Gasteiger partial charge < -0.3 is 29.8 Å². The Kier molecular flexibility index (Phi) is 8.24. The summed E-state index contributed by atoms with van der Waals surface area (Å²) in [6.45, 7) is 5.16. The number of methoxy groups -OCH3 is 1. The highest BCUT2D eigenvalue weighted by Gasteiger charge is 2.25. The maximum Gasteiger partial charge on any atom is 0.408 e. The first-order chi connectivity index (χ1) is 13.1. The molecule has 1 atom stereocenters. The quantitative estimate of drug-likeness (QED) is 0.261. The summed E-state index contributed by atoms with van der Waals surface area (Å²) in [6.07, 6.45) is -0.636. The molecule has 1 rings (SSSR count). The third-order valence-electron chi connectivity index (χ3n) is 3.28. The monoisotopic (exact) mass is 396 g/mol. The maximum atomic E-state index is 11.8. The number of carbonyl (C=O) groups is 3. The minimum atomic E-state index is -1.37. The Balaban J connectivity index is 2.65. The van der Waals surface area contributed by atoms with Gasteiger partial charge in [-0.05, 0) is 45.0 Å². The predicted octanol–water partition coefficient (Wildman–Crippen LogP) is 1.78. The number of hydrogen-bond donors (Lipinski definition) is 3. The lowest BCUT2D eigenvalue weighted by Crippen LogP contribution is -2.44. The second-order valence-electron chi connectivity index (χ2n) is 6.64. The fourth-order valence-corrected chi connectivity index (χ4v) is 2.07. The van der Waals surface area contributed by atoms with Crippen LogP contribution in [-0.2, 0) is 19.1 Å². The summed E-state index contributed by atoms with van der Waals surface area (Å²) in [7, 11) is 1.20. The Morgan fingerprint density at radius 3 is 2.25 bits per heavy atom. The van der Waals surface area contributed by atoms with Crippen LogP contribution in [0.2, 0.25) is 0 Å². The normalized spacial score (nSPS) is 12.6. The van der Waals surface area contributed by atoms with E-state index in [1.807, 2.05) is 0 Å². The number of nitrogens with zero attached hydrogens (tertiary/aromatic N) is 1. The van der Waals surface area contributed by atoms with Crippen molar-refractivity contribution >= 4 is 23.7 Å². The number of aliphatic carboxylic acids is 1. The molecule has 28 heavy (non-hydrogen) atoms. The first-order valence-corrected chi connectivity index (χ1v) is 8.33. The van der Waals surface area contributed by atoms with Crippen molar-refractivity contribution in [3.05, 3.63) is 29.8 Å². The van der Waals surface area contributed by atoms with Gasteiger partial charge in [-0.2, -0.15) is 0 Å². The Labute approximate surface area is 162 Å². The second kappa shape index (κ2) is 10.1. The number of esters is 1. The van der Waals surface area contributed by atoms with E-state index in [9.17, 15) is 14.4 Å². The van der Waals surface area contributed by atoms with E-state index in [-0.39, 0.29) is 18.6 Å². The van der Waals surface area contributed by atoms with Crippen molar-refractivity contribution in [3.8, 4) is 5.75 Å². The Morgan fingerprint density at radius 2 is 1.79 bits per heavy atom. The van der Waals surface area contributed by atoms with Crippen molar-refractivity contribution in [2.75, 3.05) is 13.7 Å². The molecule has 0 fully saturated rings. The van der Waals surface area contributed by atoms with Crippen molar-refractivity contribution in [3.63, 3.8) is 0 Å². The van der Waals surface area contributed by atoms with E-state index in [1.165, 1.54) is 31.4 Å². The Hall–Kier alpha value is -3.30. The fourth-order valence-electron chi connectivity index (χ4n) is 2.07. The highest BCUT2D eigenvalue weighted by Crippen LogP contribution is 2.14. The first-order valence-electron chi connectivity index (χ1n) is 8.33. The molecule has 0 aromatic heterocycles. The van der Waals surface area contributed by atoms with Crippen molar-refractivity contribution in [2.45, 2.75) is 38.8 Å². The number of amides is 1. The molecular formula is C18H24N2O8. The Bertz CT molecular complexity index is 722. The summed E-state index contributed by atoms with van der Waals surface area (Å²) < 4.78 is 15.3. The Morgan fingerprint density at radius 1 is 1.18 bits per heavy atom. The van der Waals surface area contributed by atoms with Gasteiger partial charge in [0.1, 0.15) is 17.4 Å². The van der Waals surface area contributed by atoms with Crippen LogP contribution in [0.1, 0.15) is 32.8 Å². The van der Waals surface area contributed by atoms with E-state index in [0.29, 0.717) is 5.75 Å². The highest BCUT2D eigenvalue weighted by molar-refractivity contribution is 6.42. The molecule has 1 aromatic carbocycles. The molecule has 0 heterocycles. The largest absolute Gasteiger partial charge is 0.494 e. The molecule has 0 saturated carbocycles. The van der Waals surface area contributed by atoms with Crippen LogP contribution in [0.15, 0.2) is 29.4 Å². The van der Waals surface area contributed by atoms with Gasteiger partial charge in [0.15, 0.2) is 5.71 Å². The number of nitrogens with one attached hydrogen (secondary N) is 1. The highest BCUT2D eigenvalue weighted by atomic mass is 16.6. The minimum Gasteiger partial charge on any atom is -0.494 e. The lowest BCUT2D eigenvalue weighted by Gasteiger charge is -2.22. The zero-order valence-corrected chi connectivity index (χ0v) is 16.1. The van der Waals surface area contributed by atoms with Crippen molar-refractivity contribution in [2.24, 2.45) is 5.16 Å². The van der Waals surface area contributed by atoms with E-state index >= 15 is 0 Å². The van der Waals surface area contributed by atoms with Crippen molar-refractivity contribution in [1.29, 1.82) is 0 Å². The van der Waals surface area contributed by atoms with E-state index in [0.717, 1.165) is 0 Å². The molecule has 3 N–H and O–H groups in total. The van der Waals surface area contributed by atoms with Gasteiger partial charge >= 0.3 is 18.0 Å². The number of carbonyl (C=O) groups excluding carboxylic acids is 2. The van der Waals surface area contributed by atoms with Gasteiger partial charge in [-0.25, -0.2) is 14.4 Å². The van der Waals surface area contributed by atoms with Gasteiger partial charge in [-0.3, -0.25) is 0 Å². The summed E-state index contributed by atoms with van der Waals surface area (Å²) in [5, 5.41) is 22.8. The summed E-state index contributed by atoms with van der Waals surface area (Å²) in [6, 6.07) is 4.83. The molecule has 0 aliphatic heterocycles. The predicted molar refractivity (Wildman–Crippen MR) is 97.7 cm³/mol. The molecule has 1 amide bonds. The van der Waals surface area contributed by atoms with Gasteiger partial charge in [0.05, 0.1) is 13.7 Å². The van der Waals surface area contributed by atoms with Crippen molar-refractivity contribution in [1.82, 2.24) is 5.32 Å². The molecule has 0 aliphatic carbocycles. The molecule has 10 heteroatoms. The van der Waals surface area contributed by atoms with Gasteiger partial charge in [0, 0.05) is 12.0 Å². The van der Waals surface area contributed by atoms with Crippen LogP contribution in [0.4, 0.5) is 4.79 Å². The van der Waals surface area contributed by atoms with Crippen molar-refractivity contribution < 1.29 is 38.9 Å². The molecule has 154 valence electrons. The second-order valence-corrected chi connectivity index (χ2v) is 6.64. The lowest BCUT2D eigenvalue weighted by molar-refractivity contribution is -0.143. The van der Waals surface area contributed by atoms with Crippen LogP contribution < -0.4 is 10.1 Å². The van der Waals surface area contributed by atoms with Crippen LogP contribution in [0, 0.1) is 0 Å². The molecule has 0 radical (unpaired) electrons. The summed E-state index contributed by atoms with van der Waals surface area (Å²) in [5.74, 6) is -1.62. The van der Waals surface area contributed by atoms with E-state index in [4.69, 9.17) is 19.8 Å². The number of hydrogen-bond acceptors (Lipinski definition) is 8. The number of rotatable bonds is 8. The minimum absolute atomic E-state index is 0.0643. The number of benzene rings is 1. The zero-order valence-electron chi connectivity index (χ0n) is 16.1. The molecule has 0 spiro atoms. The maximum absolute atomic E-state index is 11.8. The molecule has 1 unspecified atom stereocenters.